The Bertz CT molecular complexity index is 492. The van der Waals surface area contributed by atoms with Gasteiger partial charge in [0.05, 0.1) is 0 Å². The van der Waals surface area contributed by atoms with E-state index in [2.05, 4.69) is 15.9 Å². The lowest BCUT2D eigenvalue weighted by molar-refractivity contribution is -0.169. The van der Waals surface area contributed by atoms with Crippen LogP contribution in [0.4, 0.5) is 0 Å². The molecule has 19 heavy (non-hydrogen) atoms. The summed E-state index contributed by atoms with van der Waals surface area (Å²) in [6.07, 6.45) is 0. The van der Waals surface area contributed by atoms with Gasteiger partial charge >= 0.3 is 11.9 Å². The molecule has 0 aliphatic carbocycles. The maximum atomic E-state index is 12.1. The summed E-state index contributed by atoms with van der Waals surface area (Å²) in [5, 5.41) is 9.28. The predicted octanol–water partition coefficient (Wildman–Crippen LogP) is 2.03. The Morgan fingerprint density at radius 2 is 1.68 bits per heavy atom. The second kappa shape index (κ2) is 5.30. The maximum Gasteiger partial charge on any atom is 0.343 e. The Labute approximate surface area is 119 Å². The number of aliphatic carboxylic acids is 1. The minimum absolute atomic E-state index is 0.164. The van der Waals surface area contributed by atoms with E-state index >= 15 is 0 Å². The number of carbonyl (C=O) groups excluding carboxylic acids is 1. The SMILES string of the molecule is CC(C)(C)OC(=O)[C@@](N)(C(=O)O)c1ccc(Br)cc1. The van der Waals surface area contributed by atoms with E-state index in [1.807, 2.05) is 0 Å². The average Bonchev–Trinajstić information content (AvgIpc) is 2.26. The van der Waals surface area contributed by atoms with Crippen LogP contribution in [0.1, 0.15) is 26.3 Å². The van der Waals surface area contributed by atoms with E-state index in [1.54, 1.807) is 32.9 Å². The minimum Gasteiger partial charge on any atom is -0.479 e. The van der Waals surface area contributed by atoms with Crippen molar-refractivity contribution in [3.63, 3.8) is 0 Å². The standard InChI is InChI=1S/C13H16BrNO4/c1-12(2,3)19-11(18)13(15,10(16)17)8-4-6-9(14)7-5-8/h4-7H,15H2,1-3H3,(H,16,17)/t13-/m0/s1. The number of nitrogens with two attached hydrogens (primary N) is 1. The quantitative estimate of drug-likeness (QED) is 0.654. The molecule has 1 aromatic rings. The third-order valence-electron chi connectivity index (χ3n) is 2.36. The summed E-state index contributed by atoms with van der Waals surface area (Å²) in [7, 11) is 0. The summed E-state index contributed by atoms with van der Waals surface area (Å²) < 4.78 is 5.85. The molecule has 3 N–H and O–H groups in total. The number of carbonyl (C=O) groups is 2. The van der Waals surface area contributed by atoms with Crippen LogP contribution >= 0.6 is 15.9 Å². The Morgan fingerprint density at radius 3 is 2.05 bits per heavy atom. The zero-order valence-corrected chi connectivity index (χ0v) is 12.5. The van der Waals surface area contributed by atoms with E-state index in [4.69, 9.17) is 10.5 Å². The van der Waals surface area contributed by atoms with Crippen LogP contribution in [0.3, 0.4) is 0 Å². The molecule has 104 valence electrons. The van der Waals surface area contributed by atoms with Crippen molar-refractivity contribution in [3.8, 4) is 0 Å². The van der Waals surface area contributed by atoms with Crippen LogP contribution in [0, 0.1) is 0 Å². The number of rotatable bonds is 3. The van der Waals surface area contributed by atoms with Crippen LogP contribution < -0.4 is 5.73 Å². The van der Waals surface area contributed by atoms with E-state index in [-0.39, 0.29) is 5.56 Å². The van der Waals surface area contributed by atoms with Crippen LogP contribution in [-0.4, -0.2) is 22.6 Å². The highest BCUT2D eigenvalue weighted by Gasteiger charge is 2.47. The zero-order valence-electron chi connectivity index (χ0n) is 10.9. The molecule has 0 bridgehead atoms. The molecule has 0 amide bonds. The normalized spacial score (nSPS) is 14.6. The van der Waals surface area contributed by atoms with E-state index in [0.717, 1.165) is 4.47 Å². The summed E-state index contributed by atoms with van der Waals surface area (Å²) in [6.45, 7) is 4.94. The van der Waals surface area contributed by atoms with E-state index in [0.29, 0.717) is 0 Å². The summed E-state index contributed by atoms with van der Waals surface area (Å²) in [6, 6.07) is 6.18. The smallest absolute Gasteiger partial charge is 0.343 e. The molecule has 0 heterocycles. The van der Waals surface area contributed by atoms with Crippen LogP contribution in [0.15, 0.2) is 28.7 Å². The number of ether oxygens (including phenoxy) is 1. The lowest BCUT2D eigenvalue weighted by Gasteiger charge is -2.28. The van der Waals surface area contributed by atoms with Crippen molar-refractivity contribution in [2.45, 2.75) is 31.9 Å². The summed E-state index contributed by atoms with van der Waals surface area (Å²) in [5.41, 5.74) is 2.91. The number of hydrogen-bond donors (Lipinski definition) is 2. The summed E-state index contributed by atoms with van der Waals surface area (Å²) >= 11 is 3.23. The second-order valence-electron chi connectivity index (χ2n) is 5.12. The fourth-order valence-corrected chi connectivity index (χ4v) is 1.66. The van der Waals surface area contributed by atoms with Gasteiger partial charge in [0.15, 0.2) is 0 Å². The van der Waals surface area contributed by atoms with Gasteiger partial charge in [-0.05, 0) is 38.5 Å². The molecule has 0 aliphatic rings. The molecule has 6 heteroatoms. The van der Waals surface area contributed by atoms with Crippen LogP contribution in [0.5, 0.6) is 0 Å². The third-order valence-corrected chi connectivity index (χ3v) is 2.89. The molecular weight excluding hydrogens is 314 g/mol. The van der Waals surface area contributed by atoms with Crippen molar-refractivity contribution < 1.29 is 19.4 Å². The summed E-state index contributed by atoms with van der Waals surface area (Å²) in [5.74, 6) is -2.45. The van der Waals surface area contributed by atoms with Crippen molar-refractivity contribution in [1.29, 1.82) is 0 Å². The molecule has 0 aliphatic heterocycles. The molecular formula is C13H16BrNO4. The van der Waals surface area contributed by atoms with Crippen molar-refractivity contribution >= 4 is 27.9 Å². The fraction of sp³-hybridized carbons (Fsp3) is 0.385. The fourth-order valence-electron chi connectivity index (χ4n) is 1.40. The van der Waals surface area contributed by atoms with Gasteiger partial charge in [0.2, 0.25) is 5.54 Å². The first-order valence-electron chi connectivity index (χ1n) is 5.59. The molecule has 0 saturated carbocycles. The highest BCUT2D eigenvalue weighted by molar-refractivity contribution is 9.10. The highest BCUT2D eigenvalue weighted by Crippen LogP contribution is 2.25. The Balaban J connectivity index is 3.21. The van der Waals surface area contributed by atoms with Gasteiger partial charge in [0.1, 0.15) is 5.60 Å². The maximum absolute atomic E-state index is 12.1. The van der Waals surface area contributed by atoms with Gasteiger partial charge in [-0.15, -0.1) is 0 Å². The highest BCUT2D eigenvalue weighted by atomic mass is 79.9. The Hall–Kier alpha value is -1.40. The number of carboxylic acids is 1. The molecule has 5 nitrogen and oxygen atoms in total. The first kappa shape index (κ1) is 15.7. The number of esters is 1. The molecule has 0 saturated heterocycles. The lowest BCUT2D eigenvalue weighted by atomic mass is 9.91. The largest absolute Gasteiger partial charge is 0.479 e. The molecule has 0 unspecified atom stereocenters. The number of hydrogen-bond acceptors (Lipinski definition) is 4. The molecule has 1 aromatic carbocycles. The monoisotopic (exact) mass is 329 g/mol. The molecule has 1 atom stereocenters. The van der Waals surface area contributed by atoms with Gasteiger partial charge in [-0.2, -0.15) is 0 Å². The van der Waals surface area contributed by atoms with Crippen molar-refractivity contribution in [3.05, 3.63) is 34.3 Å². The van der Waals surface area contributed by atoms with Crippen LogP contribution in [-0.2, 0) is 19.9 Å². The van der Waals surface area contributed by atoms with Gasteiger partial charge in [0, 0.05) is 4.47 Å². The van der Waals surface area contributed by atoms with E-state index < -0.39 is 23.1 Å². The van der Waals surface area contributed by atoms with Crippen LogP contribution in [0.2, 0.25) is 0 Å². The van der Waals surface area contributed by atoms with Crippen molar-refractivity contribution in [2.75, 3.05) is 0 Å². The topological polar surface area (TPSA) is 89.6 Å². The van der Waals surface area contributed by atoms with Gasteiger partial charge in [-0.25, -0.2) is 9.59 Å². The van der Waals surface area contributed by atoms with Gasteiger partial charge in [-0.3, -0.25) is 0 Å². The molecule has 0 aromatic heterocycles. The minimum atomic E-state index is -2.21. The number of carboxylic acid groups (broad SMARTS) is 1. The third kappa shape index (κ3) is 3.54. The number of benzene rings is 1. The lowest BCUT2D eigenvalue weighted by Crippen LogP contribution is -2.54. The predicted molar refractivity (Wildman–Crippen MR) is 73.5 cm³/mol. The van der Waals surface area contributed by atoms with Gasteiger partial charge in [-0.1, -0.05) is 28.1 Å². The van der Waals surface area contributed by atoms with Crippen molar-refractivity contribution in [2.24, 2.45) is 5.73 Å². The van der Waals surface area contributed by atoms with Gasteiger partial charge in [0.25, 0.3) is 0 Å². The Kier molecular flexibility index (Phi) is 4.37. The summed E-state index contributed by atoms with van der Waals surface area (Å²) in [4.78, 5) is 23.5. The first-order chi connectivity index (χ1) is 8.57. The molecule has 0 spiro atoms. The first-order valence-corrected chi connectivity index (χ1v) is 6.38. The number of halogens is 1. The Morgan fingerprint density at radius 1 is 1.21 bits per heavy atom. The average molecular weight is 330 g/mol. The molecule has 0 fully saturated rings. The zero-order chi connectivity index (χ0) is 14.8. The molecule has 0 radical (unpaired) electrons. The second-order valence-corrected chi connectivity index (χ2v) is 6.04. The molecule has 1 rings (SSSR count). The van der Waals surface area contributed by atoms with E-state index in [9.17, 15) is 14.7 Å². The van der Waals surface area contributed by atoms with Gasteiger partial charge < -0.3 is 15.6 Å². The van der Waals surface area contributed by atoms with E-state index in [1.165, 1.54) is 12.1 Å². The van der Waals surface area contributed by atoms with Crippen molar-refractivity contribution in [1.82, 2.24) is 0 Å². The van der Waals surface area contributed by atoms with Crippen LogP contribution in [0.25, 0.3) is 0 Å².